The summed E-state index contributed by atoms with van der Waals surface area (Å²) in [5.74, 6) is 0.436. The first kappa shape index (κ1) is 36.6. The summed E-state index contributed by atoms with van der Waals surface area (Å²) in [5.41, 5.74) is 14.7. The Labute approximate surface area is 358 Å². The Morgan fingerprint density at radius 3 is 1.69 bits per heavy atom. The highest BCUT2D eigenvalue weighted by atomic mass is 15.1. The highest BCUT2D eigenvalue weighted by molar-refractivity contribution is 6.33. The van der Waals surface area contributed by atoms with Crippen molar-refractivity contribution in [3.63, 3.8) is 0 Å². The molecule has 1 nitrogen and oxygen atoms in total. The van der Waals surface area contributed by atoms with Crippen molar-refractivity contribution in [1.82, 2.24) is 0 Å². The molecule has 10 aromatic rings. The molecule has 1 atom stereocenters. The van der Waals surface area contributed by atoms with E-state index in [1.165, 1.54) is 98.9 Å². The van der Waals surface area contributed by atoms with Gasteiger partial charge in [-0.1, -0.05) is 188 Å². The Morgan fingerprint density at radius 2 is 0.984 bits per heavy atom. The van der Waals surface area contributed by atoms with Gasteiger partial charge in [0.25, 0.3) is 0 Å². The van der Waals surface area contributed by atoms with Gasteiger partial charge in [0, 0.05) is 17.1 Å². The Morgan fingerprint density at radius 1 is 0.410 bits per heavy atom. The van der Waals surface area contributed by atoms with Gasteiger partial charge in [-0.3, -0.25) is 0 Å². The molecule has 0 aromatic heterocycles. The third kappa shape index (κ3) is 6.60. The second kappa shape index (κ2) is 15.3. The number of hydrogen-bond acceptors (Lipinski definition) is 1. The number of rotatable bonds is 7. The van der Waals surface area contributed by atoms with Crippen molar-refractivity contribution in [3.05, 3.63) is 230 Å². The summed E-state index contributed by atoms with van der Waals surface area (Å²) in [6.07, 6.45) is 5.73. The molecule has 290 valence electrons. The standard InChI is InChI=1S/C60H45N/c1-40-34-41(2)36-51(35-40)61(49-30-28-43(29-31-49)48-27-26-42-16-12-13-23-47(42)37-48)50-32-33-54-57(38-50)52-24-14-15-25-53(52)59-56(45-19-8-4-9-20-45)39-55(44-17-6-3-7-18-44)58(60(54)59)46-21-10-5-11-22-46/h3-35,37-39,41H,36H2,1-2H3. The van der Waals surface area contributed by atoms with E-state index in [0.717, 1.165) is 17.8 Å². The summed E-state index contributed by atoms with van der Waals surface area (Å²) in [6.45, 7) is 4.56. The molecule has 0 fully saturated rings. The Hall–Kier alpha value is -7.48. The molecule has 0 N–H and O–H groups in total. The second-order valence-corrected chi connectivity index (χ2v) is 16.6. The number of anilines is 2. The number of benzene rings is 10. The van der Waals surface area contributed by atoms with Crippen LogP contribution >= 0.6 is 0 Å². The maximum Gasteiger partial charge on any atom is 0.0465 e. The highest BCUT2D eigenvalue weighted by Crippen LogP contribution is 2.50. The van der Waals surface area contributed by atoms with Gasteiger partial charge in [0.05, 0.1) is 0 Å². The molecule has 0 amide bonds. The second-order valence-electron chi connectivity index (χ2n) is 16.6. The summed E-state index contributed by atoms with van der Waals surface area (Å²) >= 11 is 0. The zero-order valence-corrected chi connectivity index (χ0v) is 34.5. The maximum absolute atomic E-state index is 2.50. The van der Waals surface area contributed by atoms with E-state index < -0.39 is 0 Å². The van der Waals surface area contributed by atoms with Crippen molar-refractivity contribution < 1.29 is 0 Å². The number of hydrogen-bond donors (Lipinski definition) is 0. The molecule has 0 bridgehead atoms. The predicted molar refractivity (Wildman–Crippen MR) is 262 cm³/mol. The lowest BCUT2D eigenvalue weighted by molar-refractivity contribution is 0.689. The third-order valence-electron chi connectivity index (χ3n) is 12.5. The maximum atomic E-state index is 2.50. The number of nitrogens with zero attached hydrogens (tertiary/aromatic N) is 1. The Bertz CT molecular complexity index is 3320. The molecule has 1 aliphatic rings. The zero-order valence-electron chi connectivity index (χ0n) is 34.5. The molecule has 0 saturated heterocycles. The lowest BCUT2D eigenvalue weighted by Crippen LogP contribution is -2.20. The molecular weight excluding hydrogens is 735 g/mol. The fourth-order valence-corrected chi connectivity index (χ4v) is 9.89. The van der Waals surface area contributed by atoms with Crippen LogP contribution < -0.4 is 4.90 Å². The van der Waals surface area contributed by atoms with Crippen molar-refractivity contribution in [2.75, 3.05) is 4.90 Å². The molecule has 1 aliphatic carbocycles. The van der Waals surface area contributed by atoms with E-state index in [2.05, 4.69) is 237 Å². The van der Waals surface area contributed by atoms with Crippen LogP contribution in [0.4, 0.5) is 11.4 Å². The normalized spacial score (nSPS) is 14.0. The van der Waals surface area contributed by atoms with E-state index in [1.807, 2.05) is 0 Å². The molecule has 61 heavy (non-hydrogen) atoms. The number of allylic oxidation sites excluding steroid dienone is 4. The van der Waals surface area contributed by atoms with Gasteiger partial charge in [0.15, 0.2) is 0 Å². The van der Waals surface area contributed by atoms with Crippen molar-refractivity contribution in [3.8, 4) is 44.5 Å². The molecule has 10 aromatic carbocycles. The largest absolute Gasteiger partial charge is 0.314 e. The average molecular weight is 780 g/mol. The van der Waals surface area contributed by atoms with Gasteiger partial charge < -0.3 is 4.90 Å². The fourth-order valence-electron chi connectivity index (χ4n) is 9.89. The minimum Gasteiger partial charge on any atom is -0.314 e. The minimum absolute atomic E-state index is 0.436. The molecule has 0 spiro atoms. The summed E-state index contributed by atoms with van der Waals surface area (Å²) < 4.78 is 0. The van der Waals surface area contributed by atoms with Crippen LogP contribution in [0.25, 0.3) is 87.6 Å². The lowest BCUT2D eigenvalue weighted by atomic mass is 9.81. The Kier molecular flexibility index (Phi) is 9.16. The number of fused-ring (bicyclic) bond motifs is 7. The van der Waals surface area contributed by atoms with E-state index >= 15 is 0 Å². The van der Waals surface area contributed by atoms with Crippen LogP contribution in [0.15, 0.2) is 230 Å². The zero-order chi connectivity index (χ0) is 40.9. The molecular formula is C60H45N. The predicted octanol–water partition coefficient (Wildman–Crippen LogP) is 17.0. The molecule has 1 unspecified atom stereocenters. The van der Waals surface area contributed by atoms with E-state index in [1.54, 1.807) is 0 Å². The van der Waals surface area contributed by atoms with Crippen LogP contribution in [-0.4, -0.2) is 0 Å². The van der Waals surface area contributed by atoms with Gasteiger partial charge in [0.1, 0.15) is 0 Å². The van der Waals surface area contributed by atoms with Crippen molar-refractivity contribution in [1.29, 1.82) is 0 Å². The van der Waals surface area contributed by atoms with E-state index in [4.69, 9.17) is 0 Å². The van der Waals surface area contributed by atoms with Gasteiger partial charge in [-0.25, -0.2) is 0 Å². The monoisotopic (exact) mass is 779 g/mol. The van der Waals surface area contributed by atoms with Crippen molar-refractivity contribution in [2.24, 2.45) is 5.92 Å². The van der Waals surface area contributed by atoms with Crippen LogP contribution in [-0.2, 0) is 0 Å². The SMILES string of the molecule is CC1=CC(C)CC(N(c2ccc(-c3ccc4ccccc4c3)cc2)c2ccc3c(c2)c2ccccc2c2c(-c4ccccc4)cc(-c4ccccc4)c(-c4ccccc4)c32)=C1. The van der Waals surface area contributed by atoms with Crippen LogP contribution in [0.5, 0.6) is 0 Å². The summed E-state index contributed by atoms with van der Waals surface area (Å²) in [5, 5.41) is 10.1. The summed E-state index contributed by atoms with van der Waals surface area (Å²) in [4.78, 5) is 2.50. The van der Waals surface area contributed by atoms with Crippen LogP contribution in [0.2, 0.25) is 0 Å². The Balaban J connectivity index is 1.19. The topological polar surface area (TPSA) is 3.24 Å². The van der Waals surface area contributed by atoms with Gasteiger partial charge in [-0.15, -0.1) is 0 Å². The van der Waals surface area contributed by atoms with Crippen LogP contribution in [0.1, 0.15) is 20.3 Å². The van der Waals surface area contributed by atoms with Gasteiger partial charge >= 0.3 is 0 Å². The third-order valence-corrected chi connectivity index (χ3v) is 12.5. The highest BCUT2D eigenvalue weighted by Gasteiger charge is 2.24. The first-order valence-corrected chi connectivity index (χ1v) is 21.5. The van der Waals surface area contributed by atoms with Crippen molar-refractivity contribution in [2.45, 2.75) is 20.3 Å². The summed E-state index contributed by atoms with van der Waals surface area (Å²) in [7, 11) is 0. The first-order valence-electron chi connectivity index (χ1n) is 21.5. The van der Waals surface area contributed by atoms with E-state index in [-0.39, 0.29) is 0 Å². The molecule has 0 saturated carbocycles. The van der Waals surface area contributed by atoms with Crippen molar-refractivity contribution >= 4 is 54.5 Å². The van der Waals surface area contributed by atoms with Crippen LogP contribution in [0, 0.1) is 5.92 Å². The average Bonchev–Trinajstić information content (AvgIpc) is 3.31. The van der Waals surface area contributed by atoms with Crippen LogP contribution in [0.3, 0.4) is 0 Å². The van der Waals surface area contributed by atoms with Gasteiger partial charge in [-0.2, -0.15) is 0 Å². The minimum atomic E-state index is 0.436. The first-order chi connectivity index (χ1) is 30.1. The van der Waals surface area contributed by atoms with Gasteiger partial charge in [-0.05, 0) is 149 Å². The molecule has 11 rings (SSSR count). The molecule has 0 heterocycles. The fraction of sp³-hybridized carbons (Fsp3) is 0.0667. The molecule has 1 heteroatoms. The van der Waals surface area contributed by atoms with Gasteiger partial charge in [0.2, 0.25) is 0 Å². The smallest absolute Gasteiger partial charge is 0.0465 e. The molecule has 0 radical (unpaired) electrons. The quantitative estimate of drug-likeness (QED) is 0.146. The summed E-state index contributed by atoms with van der Waals surface area (Å²) in [6, 6.07) is 76.1. The van der Waals surface area contributed by atoms with E-state index in [9.17, 15) is 0 Å². The lowest BCUT2D eigenvalue weighted by Gasteiger charge is -2.32. The van der Waals surface area contributed by atoms with E-state index in [0.29, 0.717) is 5.92 Å². The molecule has 0 aliphatic heterocycles.